The lowest BCUT2D eigenvalue weighted by Crippen LogP contribution is -2.21. The molecule has 1 atom stereocenters. The van der Waals surface area contributed by atoms with Gasteiger partial charge in [-0.3, -0.25) is 0 Å². The predicted octanol–water partition coefficient (Wildman–Crippen LogP) is 2.63. The molecule has 1 unspecified atom stereocenters. The highest BCUT2D eigenvalue weighted by atomic mass is 14.9. The summed E-state index contributed by atoms with van der Waals surface area (Å²) in [5.74, 6) is 0. The van der Waals surface area contributed by atoms with E-state index in [-0.39, 0.29) is 0 Å². The lowest BCUT2D eigenvalue weighted by atomic mass is 10.2. The van der Waals surface area contributed by atoms with Crippen molar-refractivity contribution in [3.63, 3.8) is 0 Å². The molecule has 11 heavy (non-hydrogen) atoms. The minimum absolute atomic E-state index is 0.348. The van der Waals surface area contributed by atoms with E-state index in [9.17, 15) is 0 Å². The van der Waals surface area contributed by atoms with Crippen molar-refractivity contribution in [1.82, 2.24) is 5.32 Å². The summed E-state index contributed by atoms with van der Waals surface area (Å²) in [5, 5.41) is 3.16. The first-order valence-corrected chi connectivity index (χ1v) is 3.95. The van der Waals surface area contributed by atoms with Crippen LogP contribution in [0.1, 0.15) is 20.3 Å². The summed E-state index contributed by atoms with van der Waals surface area (Å²) in [7, 11) is 0. The van der Waals surface area contributed by atoms with Gasteiger partial charge in [-0.15, -0.1) is 0 Å². The van der Waals surface area contributed by atoms with E-state index in [4.69, 9.17) is 0 Å². The molecule has 0 aromatic carbocycles. The molecule has 0 aliphatic heterocycles. The first-order valence-electron chi connectivity index (χ1n) is 3.95. The summed E-state index contributed by atoms with van der Waals surface area (Å²) >= 11 is 0. The number of hydrogen-bond donors (Lipinski definition) is 1. The van der Waals surface area contributed by atoms with E-state index >= 15 is 0 Å². The quantitative estimate of drug-likeness (QED) is 0.470. The van der Waals surface area contributed by atoms with E-state index in [0.29, 0.717) is 6.04 Å². The Morgan fingerprint density at radius 1 is 1.64 bits per heavy atom. The summed E-state index contributed by atoms with van der Waals surface area (Å²) in [5.41, 5.74) is 0.873. The fraction of sp³-hybridized carbons (Fsp3) is 0.400. The van der Waals surface area contributed by atoms with E-state index in [0.717, 1.165) is 12.1 Å². The fourth-order valence-electron chi connectivity index (χ4n) is 0.740. The molecule has 1 heteroatoms. The first-order chi connectivity index (χ1) is 5.20. The number of nitrogens with one attached hydrogen (secondary N) is 1. The molecule has 0 spiro atoms. The molecule has 0 saturated carbocycles. The van der Waals surface area contributed by atoms with E-state index < -0.39 is 0 Å². The average Bonchev–Trinajstić information content (AvgIpc) is 2.00. The zero-order valence-corrected chi connectivity index (χ0v) is 7.43. The third-order valence-corrected chi connectivity index (χ3v) is 1.32. The molecular formula is C10H17N. The summed E-state index contributed by atoms with van der Waals surface area (Å²) in [6.07, 6.45) is 7.05. The highest BCUT2D eigenvalue weighted by Gasteiger charge is 1.92. The third-order valence-electron chi connectivity index (χ3n) is 1.32. The Labute approximate surface area is 69.5 Å². The van der Waals surface area contributed by atoms with Gasteiger partial charge in [0.2, 0.25) is 0 Å². The van der Waals surface area contributed by atoms with Gasteiger partial charge in [0.15, 0.2) is 0 Å². The Morgan fingerprint density at radius 2 is 2.27 bits per heavy atom. The molecule has 1 N–H and O–H groups in total. The summed E-state index contributed by atoms with van der Waals surface area (Å²) in [4.78, 5) is 0. The maximum Gasteiger partial charge on any atom is 0.0415 e. The zero-order valence-electron chi connectivity index (χ0n) is 7.43. The minimum Gasteiger partial charge on any atom is -0.380 e. The van der Waals surface area contributed by atoms with Gasteiger partial charge in [-0.1, -0.05) is 32.2 Å². The molecule has 0 rings (SSSR count). The Kier molecular flexibility index (Phi) is 5.26. The van der Waals surface area contributed by atoms with Crippen LogP contribution in [-0.4, -0.2) is 6.04 Å². The first kappa shape index (κ1) is 10.0. The van der Waals surface area contributed by atoms with Gasteiger partial charge in [0.25, 0.3) is 0 Å². The van der Waals surface area contributed by atoms with Crippen LogP contribution in [0.25, 0.3) is 0 Å². The topological polar surface area (TPSA) is 12.0 Å². The Bertz CT molecular complexity index is 156. The van der Waals surface area contributed by atoms with Crippen molar-refractivity contribution < 1.29 is 0 Å². The van der Waals surface area contributed by atoms with Crippen molar-refractivity contribution in [2.45, 2.75) is 26.3 Å². The third kappa shape index (κ3) is 5.46. The smallest absolute Gasteiger partial charge is 0.0415 e. The van der Waals surface area contributed by atoms with Crippen LogP contribution < -0.4 is 5.32 Å². The van der Waals surface area contributed by atoms with Crippen LogP contribution in [0.5, 0.6) is 0 Å². The highest BCUT2D eigenvalue weighted by Crippen LogP contribution is 1.92. The summed E-state index contributed by atoms with van der Waals surface area (Å²) in [6.45, 7) is 11.6. The normalized spacial score (nSPS) is 12.9. The molecule has 1 nitrogen and oxygen atoms in total. The largest absolute Gasteiger partial charge is 0.380 e. The Hall–Kier alpha value is -0.980. The second kappa shape index (κ2) is 5.78. The molecule has 0 bridgehead atoms. The fourth-order valence-corrected chi connectivity index (χ4v) is 0.740. The molecule has 0 aromatic heterocycles. The maximum absolute atomic E-state index is 3.76. The molecule has 0 heterocycles. The van der Waals surface area contributed by atoms with Crippen LogP contribution in [0.2, 0.25) is 0 Å². The van der Waals surface area contributed by atoms with Gasteiger partial charge >= 0.3 is 0 Å². The molecular weight excluding hydrogens is 134 g/mol. The van der Waals surface area contributed by atoms with Crippen LogP contribution in [0.4, 0.5) is 0 Å². The second-order valence-electron chi connectivity index (χ2n) is 2.50. The van der Waals surface area contributed by atoms with Crippen molar-refractivity contribution >= 4 is 0 Å². The van der Waals surface area contributed by atoms with E-state index in [1.165, 1.54) is 0 Å². The number of hydrogen-bond acceptors (Lipinski definition) is 1. The zero-order chi connectivity index (χ0) is 8.69. The van der Waals surface area contributed by atoms with Crippen LogP contribution in [0.15, 0.2) is 37.1 Å². The standard InChI is InChI=1S/C10H17N/c1-5-7-8-10(4)11-9(3)6-2/h6-8,10-11H,2-3,5H2,1,4H3/b8-7-. The van der Waals surface area contributed by atoms with Crippen LogP contribution >= 0.6 is 0 Å². The summed E-state index contributed by atoms with van der Waals surface area (Å²) < 4.78 is 0. The highest BCUT2D eigenvalue weighted by molar-refractivity contribution is 5.11. The van der Waals surface area contributed by atoms with E-state index in [2.05, 4.69) is 44.5 Å². The van der Waals surface area contributed by atoms with Gasteiger partial charge in [0, 0.05) is 11.7 Å². The molecule has 0 amide bonds. The van der Waals surface area contributed by atoms with Gasteiger partial charge in [-0.25, -0.2) is 0 Å². The molecule has 0 saturated heterocycles. The van der Waals surface area contributed by atoms with Gasteiger partial charge in [0.05, 0.1) is 0 Å². The minimum atomic E-state index is 0.348. The second-order valence-corrected chi connectivity index (χ2v) is 2.50. The molecule has 0 aromatic rings. The average molecular weight is 151 g/mol. The monoisotopic (exact) mass is 151 g/mol. The maximum atomic E-state index is 3.76. The predicted molar refractivity (Wildman–Crippen MR) is 51.4 cm³/mol. The van der Waals surface area contributed by atoms with Gasteiger partial charge < -0.3 is 5.32 Å². The van der Waals surface area contributed by atoms with Gasteiger partial charge in [-0.2, -0.15) is 0 Å². The van der Waals surface area contributed by atoms with Crippen LogP contribution in [0.3, 0.4) is 0 Å². The molecule has 0 aliphatic rings. The van der Waals surface area contributed by atoms with Crippen molar-refractivity contribution in [3.05, 3.63) is 37.1 Å². The van der Waals surface area contributed by atoms with Crippen molar-refractivity contribution in [2.75, 3.05) is 0 Å². The van der Waals surface area contributed by atoms with Crippen LogP contribution in [-0.2, 0) is 0 Å². The SMILES string of the molecule is C=CC(=C)NC(C)/C=C\CC. The van der Waals surface area contributed by atoms with Gasteiger partial charge in [0.1, 0.15) is 0 Å². The van der Waals surface area contributed by atoms with Crippen molar-refractivity contribution in [1.29, 1.82) is 0 Å². The summed E-state index contributed by atoms with van der Waals surface area (Å²) in [6, 6.07) is 0.348. The van der Waals surface area contributed by atoms with Crippen molar-refractivity contribution in [3.8, 4) is 0 Å². The van der Waals surface area contributed by atoms with Crippen molar-refractivity contribution in [2.24, 2.45) is 0 Å². The lowest BCUT2D eigenvalue weighted by molar-refractivity contribution is 0.743. The molecule has 0 fully saturated rings. The Morgan fingerprint density at radius 3 is 2.73 bits per heavy atom. The molecule has 62 valence electrons. The van der Waals surface area contributed by atoms with Gasteiger partial charge in [-0.05, 0) is 19.4 Å². The van der Waals surface area contributed by atoms with Crippen LogP contribution in [0, 0.1) is 0 Å². The number of allylic oxidation sites excluding steroid dienone is 2. The van der Waals surface area contributed by atoms with E-state index in [1.807, 2.05) is 0 Å². The molecule has 0 aliphatic carbocycles. The van der Waals surface area contributed by atoms with E-state index in [1.54, 1.807) is 6.08 Å². The number of rotatable bonds is 5. The lowest BCUT2D eigenvalue weighted by Gasteiger charge is -2.09. The molecule has 0 radical (unpaired) electrons. The Balaban J connectivity index is 3.68.